The van der Waals surface area contributed by atoms with Gasteiger partial charge in [-0.2, -0.15) is 0 Å². The fourth-order valence-corrected chi connectivity index (χ4v) is 0.895. The Bertz CT molecular complexity index is 207. The average Bonchev–Trinajstić information content (AvgIpc) is 2.15. The van der Waals surface area contributed by atoms with Gasteiger partial charge in [-0.3, -0.25) is 0 Å². The quantitative estimate of drug-likeness (QED) is 0.702. The second-order valence-electron chi connectivity index (χ2n) is 2.41. The Morgan fingerprint density at radius 2 is 2.40 bits per heavy atom. The van der Waals surface area contributed by atoms with E-state index in [0.717, 1.165) is 12.2 Å². The van der Waals surface area contributed by atoms with E-state index in [0.29, 0.717) is 5.15 Å². The van der Waals surface area contributed by atoms with Crippen molar-refractivity contribution in [2.45, 2.75) is 6.54 Å². The smallest absolute Gasteiger partial charge is 0.151 e. The van der Waals surface area contributed by atoms with Crippen molar-refractivity contribution in [2.24, 2.45) is 0 Å². The molecule has 0 fully saturated rings. The van der Waals surface area contributed by atoms with Crippen LogP contribution in [0.3, 0.4) is 0 Å². The molecule has 0 aliphatic heterocycles. The topological polar surface area (TPSA) is 31.9 Å². The summed E-state index contributed by atoms with van der Waals surface area (Å²) in [5.74, 6) is 0. The predicted molar refractivity (Wildman–Crippen MR) is 41.0 cm³/mol. The maximum absolute atomic E-state index is 5.71. The van der Waals surface area contributed by atoms with Crippen LogP contribution in [0.5, 0.6) is 0 Å². The van der Waals surface area contributed by atoms with Gasteiger partial charge < -0.3 is 9.88 Å². The number of rotatable bonds is 2. The molecule has 1 aromatic rings. The number of aromatic amines is 1. The van der Waals surface area contributed by atoms with Crippen molar-refractivity contribution in [2.75, 3.05) is 14.1 Å². The van der Waals surface area contributed by atoms with Gasteiger partial charge in [0.15, 0.2) is 5.15 Å². The first-order chi connectivity index (χ1) is 4.70. The summed E-state index contributed by atoms with van der Waals surface area (Å²) < 4.78 is 0. The molecule has 0 amide bonds. The van der Waals surface area contributed by atoms with Gasteiger partial charge in [0, 0.05) is 6.54 Å². The molecule has 1 N–H and O–H groups in total. The summed E-state index contributed by atoms with van der Waals surface area (Å²) in [5, 5.41) is 0.564. The van der Waals surface area contributed by atoms with E-state index < -0.39 is 0 Å². The van der Waals surface area contributed by atoms with E-state index in [1.54, 1.807) is 6.33 Å². The van der Waals surface area contributed by atoms with E-state index in [4.69, 9.17) is 11.6 Å². The van der Waals surface area contributed by atoms with Gasteiger partial charge in [-0.05, 0) is 14.1 Å². The number of H-pyrrole nitrogens is 1. The van der Waals surface area contributed by atoms with Crippen LogP contribution in [-0.4, -0.2) is 29.0 Å². The van der Waals surface area contributed by atoms with Crippen LogP contribution in [0.25, 0.3) is 0 Å². The third-order valence-electron chi connectivity index (χ3n) is 1.14. The highest BCUT2D eigenvalue weighted by Gasteiger charge is 2.01. The second kappa shape index (κ2) is 3.03. The zero-order valence-electron chi connectivity index (χ0n) is 6.06. The van der Waals surface area contributed by atoms with Crippen LogP contribution in [0.4, 0.5) is 0 Å². The normalized spacial score (nSPS) is 10.8. The zero-order valence-corrected chi connectivity index (χ0v) is 6.81. The molecular formula is C6H10ClN3. The fraction of sp³-hybridized carbons (Fsp3) is 0.500. The molecule has 0 saturated carbocycles. The molecule has 0 aromatic carbocycles. The standard InChI is InChI=1S/C6H10ClN3/c1-10(2)3-5-6(7)9-4-8-5/h4H,3H2,1-2H3,(H,8,9). The Balaban J connectivity index is 2.65. The molecule has 3 nitrogen and oxygen atoms in total. The number of imidazole rings is 1. The zero-order chi connectivity index (χ0) is 7.56. The molecule has 0 aliphatic rings. The van der Waals surface area contributed by atoms with Crippen molar-refractivity contribution < 1.29 is 0 Å². The fourth-order valence-electron chi connectivity index (χ4n) is 0.731. The molecule has 0 bridgehead atoms. The van der Waals surface area contributed by atoms with Crippen molar-refractivity contribution in [3.8, 4) is 0 Å². The third kappa shape index (κ3) is 1.72. The first kappa shape index (κ1) is 7.57. The van der Waals surface area contributed by atoms with Gasteiger partial charge in [0.2, 0.25) is 0 Å². The van der Waals surface area contributed by atoms with Crippen LogP contribution in [0, 0.1) is 0 Å². The summed E-state index contributed by atoms with van der Waals surface area (Å²) in [4.78, 5) is 8.83. The molecule has 0 radical (unpaired) electrons. The highest BCUT2D eigenvalue weighted by atomic mass is 35.5. The summed E-state index contributed by atoms with van der Waals surface area (Å²) in [6, 6.07) is 0. The molecule has 0 spiro atoms. The Morgan fingerprint density at radius 3 is 2.80 bits per heavy atom. The molecule has 0 aliphatic carbocycles. The summed E-state index contributed by atoms with van der Waals surface area (Å²) in [7, 11) is 3.97. The van der Waals surface area contributed by atoms with E-state index in [9.17, 15) is 0 Å². The average molecular weight is 160 g/mol. The van der Waals surface area contributed by atoms with Crippen LogP contribution >= 0.6 is 11.6 Å². The third-order valence-corrected chi connectivity index (χ3v) is 1.47. The lowest BCUT2D eigenvalue weighted by Gasteiger charge is -2.06. The summed E-state index contributed by atoms with van der Waals surface area (Å²) in [6.07, 6.45) is 1.60. The monoisotopic (exact) mass is 159 g/mol. The number of hydrogen-bond acceptors (Lipinski definition) is 2. The molecular weight excluding hydrogens is 150 g/mol. The molecule has 0 unspecified atom stereocenters. The summed E-state index contributed by atoms with van der Waals surface area (Å²) >= 11 is 5.71. The molecule has 10 heavy (non-hydrogen) atoms. The van der Waals surface area contributed by atoms with Crippen molar-refractivity contribution >= 4 is 11.6 Å². The van der Waals surface area contributed by atoms with Crippen molar-refractivity contribution in [3.05, 3.63) is 17.2 Å². The number of nitrogens with zero attached hydrogens (tertiary/aromatic N) is 2. The Labute approximate surface area is 65.0 Å². The van der Waals surface area contributed by atoms with Crippen molar-refractivity contribution in [1.29, 1.82) is 0 Å². The molecule has 1 aromatic heterocycles. The van der Waals surface area contributed by atoms with Gasteiger partial charge in [0.1, 0.15) is 0 Å². The first-order valence-corrected chi connectivity index (χ1v) is 3.40. The number of halogens is 1. The number of hydrogen-bond donors (Lipinski definition) is 1. The van der Waals surface area contributed by atoms with Gasteiger partial charge in [-0.25, -0.2) is 4.98 Å². The van der Waals surface area contributed by atoms with Crippen LogP contribution < -0.4 is 0 Å². The van der Waals surface area contributed by atoms with Crippen LogP contribution in [0.2, 0.25) is 5.15 Å². The van der Waals surface area contributed by atoms with Gasteiger partial charge in [-0.15, -0.1) is 0 Å². The molecule has 0 atom stereocenters. The highest BCUT2D eigenvalue weighted by molar-refractivity contribution is 6.30. The molecule has 0 saturated heterocycles. The van der Waals surface area contributed by atoms with E-state index in [2.05, 4.69) is 9.97 Å². The van der Waals surface area contributed by atoms with Gasteiger partial charge in [0.25, 0.3) is 0 Å². The molecule has 4 heteroatoms. The maximum atomic E-state index is 5.71. The lowest BCUT2D eigenvalue weighted by atomic mass is 10.4. The van der Waals surface area contributed by atoms with Crippen molar-refractivity contribution in [3.63, 3.8) is 0 Å². The molecule has 1 rings (SSSR count). The number of aromatic nitrogens is 2. The lowest BCUT2D eigenvalue weighted by Crippen LogP contribution is -2.11. The van der Waals surface area contributed by atoms with Gasteiger partial charge in [-0.1, -0.05) is 11.6 Å². The Hall–Kier alpha value is -0.540. The van der Waals surface area contributed by atoms with Crippen molar-refractivity contribution in [1.82, 2.24) is 14.9 Å². The van der Waals surface area contributed by atoms with Gasteiger partial charge in [0.05, 0.1) is 12.0 Å². The maximum Gasteiger partial charge on any atom is 0.151 e. The molecule has 56 valence electrons. The lowest BCUT2D eigenvalue weighted by molar-refractivity contribution is 0.398. The van der Waals surface area contributed by atoms with E-state index in [1.165, 1.54) is 0 Å². The first-order valence-electron chi connectivity index (χ1n) is 3.02. The Kier molecular flexibility index (Phi) is 2.29. The van der Waals surface area contributed by atoms with Gasteiger partial charge >= 0.3 is 0 Å². The molecule has 1 heterocycles. The van der Waals surface area contributed by atoms with Crippen LogP contribution in [-0.2, 0) is 6.54 Å². The number of nitrogens with one attached hydrogen (secondary N) is 1. The largest absolute Gasteiger partial charge is 0.346 e. The van der Waals surface area contributed by atoms with Crippen LogP contribution in [0.15, 0.2) is 6.33 Å². The van der Waals surface area contributed by atoms with Crippen LogP contribution in [0.1, 0.15) is 5.69 Å². The Morgan fingerprint density at radius 1 is 1.70 bits per heavy atom. The minimum Gasteiger partial charge on any atom is -0.346 e. The van der Waals surface area contributed by atoms with E-state index in [-0.39, 0.29) is 0 Å². The minimum absolute atomic E-state index is 0.564. The second-order valence-corrected chi connectivity index (χ2v) is 2.77. The predicted octanol–water partition coefficient (Wildman–Crippen LogP) is 1.12. The SMILES string of the molecule is CN(C)Cc1[nH]cnc1Cl. The summed E-state index contributed by atoms with van der Waals surface area (Å²) in [5.41, 5.74) is 0.965. The summed E-state index contributed by atoms with van der Waals surface area (Å²) in [6.45, 7) is 0.804. The van der Waals surface area contributed by atoms with E-state index >= 15 is 0 Å². The highest BCUT2D eigenvalue weighted by Crippen LogP contribution is 2.09. The van der Waals surface area contributed by atoms with E-state index in [1.807, 2.05) is 19.0 Å². The minimum atomic E-state index is 0.564.